The first-order valence-corrected chi connectivity index (χ1v) is 11.9. The fourth-order valence-corrected chi connectivity index (χ4v) is 4.03. The van der Waals surface area contributed by atoms with Gasteiger partial charge in [-0.05, 0) is 62.4 Å². The van der Waals surface area contributed by atoms with Crippen LogP contribution in [-0.2, 0) is 4.79 Å². The number of furan rings is 1. The molecule has 1 heterocycles. The Bertz CT molecular complexity index is 1330. The summed E-state index contributed by atoms with van der Waals surface area (Å²) in [6.45, 7) is 6.26. The number of fused-ring (bicyclic) bond motifs is 1. The summed E-state index contributed by atoms with van der Waals surface area (Å²) in [7, 11) is 0. The molecule has 1 aromatic heterocycles. The maximum atomic E-state index is 12.5. The molecule has 36 heavy (non-hydrogen) atoms. The first-order valence-electron chi connectivity index (χ1n) is 11.9. The van der Waals surface area contributed by atoms with Gasteiger partial charge < -0.3 is 25.1 Å². The van der Waals surface area contributed by atoms with E-state index in [0.717, 1.165) is 36.2 Å². The van der Waals surface area contributed by atoms with Gasteiger partial charge >= 0.3 is 0 Å². The van der Waals surface area contributed by atoms with Gasteiger partial charge in [-0.25, -0.2) is 0 Å². The van der Waals surface area contributed by atoms with E-state index in [1.807, 2.05) is 36.4 Å². The minimum absolute atomic E-state index is 0.250. The number of carbonyl (C=O) groups excluding carboxylic acids is 2. The number of hydrogen-bond acceptors (Lipinski definition) is 6. The molecule has 0 aliphatic carbocycles. The van der Waals surface area contributed by atoms with Gasteiger partial charge in [-0.15, -0.1) is 0 Å². The lowest BCUT2D eigenvalue weighted by molar-refractivity contribution is -0.107. The largest absolute Gasteiger partial charge is 0.492 e. The second kappa shape index (κ2) is 11.3. The Hall–Kier alpha value is -4.46. The molecule has 0 saturated heterocycles. The summed E-state index contributed by atoms with van der Waals surface area (Å²) in [6.07, 6.45) is 0.761. The van der Waals surface area contributed by atoms with Gasteiger partial charge in [0.2, 0.25) is 12.3 Å². The molecule has 8 nitrogen and oxygen atoms in total. The molecule has 0 saturated carbocycles. The van der Waals surface area contributed by atoms with Crippen molar-refractivity contribution < 1.29 is 18.7 Å². The van der Waals surface area contributed by atoms with E-state index < -0.39 is 0 Å². The zero-order valence-corrected chi connectivity index (χ0v) is 20.4. The minimum atomic E-state index is -0.264. The molecule has 0 aliphatic rings. The number of nitrogens with one attached hydrogen (secondary N) is 1. The van der Waals surface area contributed by atoms with Gasteiger partial charge in [0.1, 0.15) is 23.6 Å². The number of nitrogens with zero attached hydrogens (tertiary/aromatic N) is 2. The lowest BCUT2D eigenvalue weighted by Gasteiger charge is -2.24. The summed E-state index contributed by atoms with van der Waals surface area (Å²) >= 11 is 0. The maximum absolute atomic E-state index is 12.5. The number of benzene rings is 3. The molecule has 0 fully saturated rings. The predicted octanol–water partition coefficient (Wildman–Crippen LogP) is 5.16. The average molecular weight is 487 g/mol. The fourth-order valence-electron chi connectivity index (χ4n) is 4.03. The van der Waals surface area contributed by atoms with Crippen LogP contribution in [0.1, 0.15) is 24.2 Å². The molecule has 0 unspecified atom stereocenters. The molecule has 4 rings (SSSR count). The van der Waals surface area contributed by atoms with Crippen LogP contribution in [0.4, 0.5) is 22.9 Å². The number of nitrogen functional groups attached to an aromatic ring is 1. The lowest BCUT2D eigenvalue weighted by atomic mass is 10.2. The quantitative estimate of drug-likeness (QED) is 0.224. The molecule has 8 heteroatoms. The van der Waals surface area contributed by atoms with E-state index in [0.29, 0.717) is 35.1 Å². The van der Waals surface area contributed by atoms with E-state index in [9.17, 15) is 9.59 Å². The van der Waals surface area contributed by atoms with Crippen molar-refractivity contribution in [2.24, 2.45) is 0 Å². The summed E-state index contributed by atoms with van der Waals surface area (Å²) < 4.78 is 11.9. The third kappa shape index (κ3) is 5.27. The van der Waals surface area contributed by atoms with Crippen molar-refractivity contribution in [3.63, 3.8) is 0 Å². The number of hydrogen-bond donors (Lipinski definition) is 2. The highest BCUT2D eigenvalue weighted by molar-refractivity contribution is 6.05. The highest BCUT2D eigenvalue weighted by Gasteiger charge is 2.23. The molecule has 0 atom stereocenters. The van der Waals surface area contributed by atoms with E-state index >= 15 is 0 Å². The van der Waals surface area contributed by atoms with Crippen molar-refractivity contribution in [2.75, 3.05) is 47.1 Å². The normalized spacial score (nSPS) is 10.7. The van der Waals surface area contributed by atoms with Gasteiger partial charge in [-0.2, -0.15) is 0 Å². The van der Waals surface area contributed by atoms with E-state index in [-0.39, 0.29) is 12.5 Å². The fraction of sp³-hybridized carbons (Fsp3) is 0.214. The number of carbonyl (C=O) groups is 2. The summed E-state index contributed by atoms with van der Waals surface area (Å²) in [5.41, 5.74) is 9.06. The van der Waals surface area contributed by atoms with E-state index in [1.165, 1.54) is 4.90 Å². The highest BCUT2D eigenvalue weighted by Crippen LogP contribution is 2.39. The van der Waals surface area contributed by atoms with Crippen LogP contribution in [0, 0.1) is 0 Å². The summed E-state index contributed by atoms with van der Waals surface area (Å²) in [5.74, 6) is 0.830. The Labute approximate surface area is 210 Å². The minimum Gasteiger partial charge on any atom is -0.492 e. The van der Waals surface area contributed by atoms with E-state index in [4.69, 9.17) is 14.9 Å². The molecule has 0 spiro atoms. The molecule has 186 valence electrons. The number of rotatable bonds is 11. The maximum Gasteiger partial charge on any atom is 0.255 e. The topological polar surface area (TPSA) is 101 Å². The Kier molecular flexibility index (Phi) is 7.75. The number of amides is 2. The first kappa shape index (κ1) is 24.7. The Morgan fingerprint density at radius 2 is 1.69 bits per heavy atom. The predicted molar refractivity (Wildman–Crippen MR) is 144 cm³/mol. The van der Waals surface area contributed by atoms with Crippen molar-refractivity contribution in [1.82, 2.24) is 0 Å². The molecule has 3 aromatic carbocycles. The third-order valence-corrected chi connectivity index (χ3v) is 5.95. The van der Waals surface area contributed by atoms with E-state index in [2.05, 4.69) is 24.1 Å². The van der Waals surface area contributed by atoms with Gasteiger partial charge in [-0.1, -0.05) is 24.3 Å². The van der Waals surface area contributed by atoms with Crippen molar-refractivity contribution in [2.45, 2.75) is 13.8 Å². The highest BCUT2D eigenvalue weighted by atomic mass is 16.5. The summed E-state index contributed by atoms with van der Waals surface area (Å²) in [6, 6.07) is 21.7. The van der Waals surface area contributed by atoms with Gasteiger partial charge in [0.15, 0.2) is 0 Å². The number of anilines is 4. The van der Waals surface area contributed by atoms with E-state index in [1.54, 1.807) is 36.4 Å². The second-order valence-electron chi connectivity index (χ2n) is 8.14. The van der Waals surface area contributed by atoms with Crippen LogP contribution in [0.5, 0.6) is 5.75 Å². The molecular weight excluding hydrogens is 456 g/mol. The average Bonchev–Trinajstić information content (AvgIpc) is 3.28. The monoisotopic (exact) mass is 486 g/mol. The molecule has 4 aromatic rings. The van der Waals surface area contributed by atoms with Crippen LogP contribution in [0.2, 0.25) is 0 Å². The Morgan fingerprint density at radius 1 is 1.00 bits per heavy atom. The zero-order chi connectivity index (χ0) is 25.5. The third-order valence-electron chi connectivity index (χ3n) is 5.95. The first-order chi connectivity index (χ1) is 17.5. The molecule has 0 radical (unpaired) electrons. The van der Waals surface area contributed by atoms with Crippen LogP contribution in [-0.4, -0.2) is 38.6 Å². The standard InChI is InChI=1S/C28H30N4O4/c1-3-31(4-2)26-22-9-5-8-12-25(22)36-28(26)32(19-33)17-18-35-21-15-13-20(14-16-21)27(34)30-24-11-7-6-10-23(24)29/h5-16,19H,3-4,17-18,29H2,1-2H3,(H,30,34). The summed E-state index contributed by atoms with van der Waals surface area (Å²) in [4.78, 5) is 28.2. The van der Waals surface area contributed by atoms with Crippen LogP contribution in [0.25, 0.3) is 11.0 Å². The number of ether oxygens (including phenoxy) is 1. The SMILES string of the molecule is CCN(CC)c1c(N(C=O)CCOc2ccc(C(=O)Nc3ccccc3N)cc2)oc2ccccc12. The Morgan fingerprint density at radius 3 is 2.39 bits per heavy atom. The lowest BCUT2D eigenvalue weighted by Crippen LogP contribution is -2.29. The van der Waals surface area contributed by atoms with Gasteiger partial charge in [0, 0.05) is 24.0 Å². The van der Waals surface area contributed by atoms with Crippen LogP contribution >= 0.6 is 0 Å². The van der Waals surface area contributed by atoms with Crippen LogP contribution in [0.15, 0.2) is 77.2 Å². The van der Waals surface area contributed by atoms with Crippen LogP contribution in [0.3, 0.4) is 0 Å². The smallest absolute Gasteiger partial charge is 0.255 e. The van der Waals surface area contributed by atoms with Crippen molar-refractivity contribution in [1.29, 1.82) is 0 Å². The number of para-hydroxylation sites is 3. The molecular formula is C28H30N4O4. The van der Waals surface area contributed by atoms with Gasteiger partial charge in [0.05, 0.1) is 17.9 Å². The van der Waals surface area contributed by atoms with Gasteiger partial charge in [0.25, 0.3) is 5.91 Å². The molecule has 2 amide bonds. The van der Waals surface area contributed by atoms with Crippen molar-refractivity contribution >= 4 is 46.2 Å². The molecule has 3 N–H and O–H groups in total. The Balaban J connectivity index is 1.41. The molecule has 0 bridgehead atoms. The number of nitrogens with two attached hydrogens (primary N) is 1. The summed E-state index contributed by atoms with van der Waals surface area (Å²) in [5, 5.41) is 3.77. The van der Waals surface area contributed by atoms with Gasteiger partial charge in [-0.3, -0.25) is 14.5 Å². The van der Waals surface area contributed by atoms with Crippen molar-refractivity contribution in [3.8, 4) is 5.75 Å². The van der Waals surface area contributed by atoms with Crippen LogP contribution < -0.4 is 25.6 Å². The zero-order valence-electron chi connectivity index (χ0n) is 20.4. The molecule has 0 aliphatic heterocycles. The second-order valence-corrected chi connectivity index (χ2v) is 8.14. The van der Waals surface area contributed by atoms with Crippen molar-refractivity contribution in [3.05, 3.63) is 78.4 Å².